The van der Waals surface area contributed by atoms with E-state index in [-0.39, 0.29) is 4.90 Å². The first-order chi connectivity index (χ1) is 9.94. The molecule has 8 heteroatoms. The van der Waals surface area contributed by atoms with Crippen molar-refractivity contribution in [3.8, 4) is 0 Å². The molecule has 0 saturated heterocycles. The molecule has 0 aliphatic heterocycles. The Bertz CT molecular complexity index is 724. The van der Waals surface area contributed by atoms with Gasteiger partial charge in [-0.1, -0.05) is 6.92 Å². The lowest BCUT2D eigenvalue weighted by atomic mass is 10.4. The summed E-state index contributed by atoms with van der Waals surface area (Å²) in [7, 11) is -1.97. The highest BCUT2D eigenvalue weighted by atomic mass is 32.2. The number of nitrogens with zero attached hydrogens (tertiary/aromatic N) is 3. The number of hydrogen-bond donors (Lipinski definition) is 2. The minimum Gasteiger partial charge on any atom is -0.384 e. The fourth-order valence-corrected chi connectivity index (χ4v) is 3.13. The summed E-state index contributed by atoms with van der Waals surface area (Å²) in [6, 6.07) is 1.65. The first-order valence-electron chi connectivity index (χ1n) is 6.65. The zero-order valence-corrected chi connectivity index (χ0v) is 13.1. The predicted octanol–water partition coefficient (Wildman–Crippen LogP) is 1.75. The monoisotopic (exact) mass is 309 g/mol. The Morgan fingerprint density at radius 3 is 2.71 bits per heavy atom. The molecular formula is C13H19N5O2S. The summed E-state index contributed by atoms with van der Waals surface area (Å²) in [4.78, 5) is 4.04. The van der Waals surface area contributed by atoms with Crippen LogP contribution in [0, 0.1) is 6.92 Å². The lowest BCUT2D eigenvalue weighted by Gasteiger charge is -2.12. The summed E-state index contributed by atoms with van der Waals surface area (Å²) in [6.07, 6.45) is 5.43. The molecule has 0 saturated carbocycles. The molecule has 0 aliphatic carbocycles. The van der Waals surface area contributed by atoms with E-state index in [2.05, 4.69) is 20.1 Å². The van der Waals surface area contributed by atoms with Crippen LogP contribution in [0.4, 0.5) is 11.4 Å². The molecule has 0 amide bonds. The standard InChI is InChI=1S/C13H19N5O2S/c1-4-6-15-11-5-7-14-8-13(11)21(19,20)17-12-9-18(3)16-10(12)2/h5,7-9,17H,4,6H2,1-3H3,(H,14,15). The second kappa shape index (κ2) is 6.13. The van der Waals surface area contributed by atoms with E-state index in [9.17, 15) is 8.42 Å². The van der Waals surface area contributed by atoms with Crippen LogP contribution in [0.2, 0.25) is 0 Å². The van der Waals surface area contributed by atoms with Gasteiger partial charge in [0.1, 0.15) is 4.90 Å². The van der Waals surface area contributed by atoms with Crippen LogP contribution in [0.3, 0.4) is 0 Å². The molecule has 0 spiro atoms. The highest BCUT2D eigenvalue weighted by Gasteiger charge is 2.20. The van der Waals surface area contributed by atoms with Crippen LogP contribution >= 0.6 is 0 Å². The first-order valence-corrected chi connectivity index (χ1v) is 8.13. The average Bonchev–Trinajstić information content (AvgIpc) is 2.74. The molecule has 7 nitrogen and oxygen atoms in total. The van der Waals surface area contributed by atoms with Gasteiger partial charge in [-0.2, -0.15) is 5.10 Å². The third kappa shape index (κ3) is 3.52. The molecule has 2 heterocycles. The lowest BCUT2D eigenvalue weighted by Crippen LogP contribution is -2.16. The quantitative estimate of drug-likeness (QED) is 0.848. The topological polar surface area (TPSA) is 88.9 Å². The maximum Gasteiger partial charge on any atom is 0.265 e. The van der Waals surface area contributed by atoms with Crippen molar-refractivity contribution < 1.29 is 8.42 Å². The van der Waals surface area contributed by atoms with E-state index < -0.39 is 10.0 Å². The van der Waals surface area contributed by atoms with Gasteiger partial charge in [-0.3, -0.25) is 14.4 Å². The fraction of sp³-hybridized carbons (Fsp3) is 0.385. The summed E-state index contributed by atoms with van der Waals surface area (Å²) in [5.41, 5.74) is 1.62. The van der Waals surface area contributed by atoms with Gasteiger partial charge in [0, 0.05) is 32.2 Å². The molecule has 0 aromatic carbocycles. The van der Waals surface area contributed by atoms with E-state index >= 15 is 0 Å². The van der Waals surface area contributed by atoms with E-state index in [0.717, 1.165) is 6.42 Å². The minimum absolute atomic E-state index is 0.127. The summed E-state index contributed by atoms with van der Waals surface area (Å²) in [6.45, 7) is 4.45. The van der Waals surface area contributed by atoms with Crippen LogP contribution in [0.1, 0.15) is 19.0 Å². The smallest absolute Gasteiger partial charge is 0.265 e. The Hall–Kier alpha value is -2.09. The van der Waals surface area contributed by atoms with Crippen molar-refractivity contribution >= 4 is 21.4 Å². The van der Waals surface area contributed by atoms with E-state index in [0.29, 0.717) is 23.6 Å². The highest BCUT2D eigenvalue weighted by Crippen LogP contribution is 2.23. The predicted molar refractivity (Wildman–Crippen MR) is 81.8 cm³/mol. The molecular weight excluding hydrogens is 290 g/mol. The van der Waals surface area contributed by atoms with Gasteiger partial charge in [0.25, 0.3) is 10.0 Å². The van der Waals surface area contributed by atoms with Crippen molar-refractivity contribution in [2.45, 2.75) is 25.2 Å². The van der Waals surface area contributed by atoms with Crippen molar-refractivity contribution in [3.05, 3.63) is 30.4 Å². The van der Waals surface area contributed by atoms with Crippen LogP contribution in [-0.4, -0.2) is 29.7 Å². The summed E-state index contributed by atoms with van der Waals surface area (Å²) in [5, 5.41) is 7.21. The Morgan fingerprint density at radius 2 is 2.10 bits per heavy atom. The Morgan fingerprint density at radius 1 is 1.33 bits per heavy atom. The zero-order chi connectivity index (χ0) is 15.5. The molecule has 0 aliphatic rings. The van der Waals surface area contributed by atoms with E-state index in [1.165, 1.54) is 6.20 Å². The third-order valence-corrected chi connectivity index (χ3v) is 4.29. The first kappa shape index (κ1) is 15.3. The van der Waals surface area contributed by atoms with Gasteiger partial charge in [-0.25, -0.2) is 8.42 Å². The van der Waals surface area contributed by atoms with Crippen molar-refractivity contribution in [1.29, 1.82) is 0 Å². The maximum atomic E-state index is 12.5. The van der Waals surface area contributed by atoms with Gasteiger partial charge < -0.3 is 5.32 Å². The van der Waals surface area contributed by atoms with Crippen LogP contribution < -0.4 is 10.0 Å². The van der Waals surface area contributed by atoms with E-state index in [1.54, 1.807) is 37.1 Å². The minimum atomic E-state index is -3.71. The number of anilines is 2. The molecule has 2 aromatic rings. The third-order valence-electron chi connectivity index (χ3n) is 2.90. The molecule has 0 radical (unpaired) electrons. The normalized spacial score (nSPS) is 11.4. The average molecular weight is 309 g/mol. The number of aryl methyl sites for hydroxylation is 2. The van der Waals surface area contributed by atoms with Gasteiger partial charge >= 0.3 is 0 Å². The Labute approximate surface area is 124 Å². The largest absolute Gasteiger partial charge is 0.384 e. The zero-order valence-electron chi connectivity index (χ0n) is 12.3. The Kier molecular flexibility index (Phi) is 4.46. The number of pyridine rings is 1. The van der Waals surface area contributed by atoms with Crippen molar-refractivity contribution in [1.82, 2.24) is 14.8 Å². The SMILES string of the molecule is CCCNc1ccncc1S(=O)(=O)Nc1cn(C)nc1C. The van der Waals surface area contributed by atoms with Gasteiger partial charge in [-0.15, -0.1) is 0 Å². The summed E-state index contributed by atoms with van der Waals surface area (Å²) >= 11 is 0. The number of sulfonamides is 1. The molecule has 0 fully saturated rings. The van der Waals surface area contributed by atoms with Crippen LogP contribution in [0.5, 0.6) is 0 Å². The molecule has 2 rings (SSSR count). The number of nitrogens with one attached hydrogen (secondary N) is 2. The number of aromatic nitrogens is 3. The van der Waals surface area contributed by atoms with Crippen LogP contribution in [0.25, 0.3) is 0 Å². The Balaban J connectivity index is 2.33. The van der Waals surface area contributed by atoms with Gasteiger partial charge in [0.05, 0.1) is 17.1 Å². The van der Waals surface area contributed by atoms with Gasteiger partial charge in [0.2, 0.25) is 0 Å². The van der Waals surface area contributed by atoms with Crippen LogP contribution in [0.15, 0.2) is 29.6 Å². The lowest BCUT2D eigenvalue weighted by molar-refractivity contribution is 0.601. The van der Waals surface area contributed by atoms with Crippen molar-refractivity contribution in [2.75, 3.05) is 16.6 Å². The molecule has 0 bridgehead atoms. The molecule has 21 heavy (non-hydrogen) atoms. The second-order valence-corrected chi connectivity index (χ2v) is 6.36. The van der Waals surface area contributed by atoms with E-state index in [4.69, 9.17) is 0 Å². The van der Waals surface area contributed by atoms with Gasteiger partial charge in [-0.05, 0) is 19.4 Å². The van der Waals surface area contributed by atoms with Crippen molar-refractivity contribution in [3.63, 3.8) is 0 Å². The van der Waals surface area contributed by atoms with Gasteiger partial charge in [0.15, 0.2) is 0 Å². The molecule has 2 N–H and O–H groups in total. The maximum absolute atomic E-state index is 12.5. The molecule has 2 aromatic heterocycles. The molecule has 0 atom stereocenters. The van der Waals surface area contributed by atoms with Crippen molar-refractivity contribution in [2.24, 2.45) is 7.05 Å². The summed E-state index contributed by atoms with van der Waals surface area (Å²) < 4.78 is 29.1. The fourth-order valence-electron chi connectivity index (χ4n) is 1.90. The highest BCUT2D eigenvalue weighted by molar-refractivity contribution is 7.92. The van der Waals surface area contributed by atoms with E-state index in [1.807, 2.05) is 6.92 Å². The molecule has 114 valence electrons. The number of rotatable bonds is 6. The summed E-state index contributed by atoms with van der Waals surface area (Å²) in [5.74, 6) is 0. The molecule has 0 unspecified atom stereocenters. The second-order valence-electron chi connectivity index (χ2n) is 4.71. The van der Waals surface area contributed by atoms with Crippen LogP contribution in [-0.2, 0) is 17.1 Å². The number of hydrogen-bond acceptors (Lipinski definition) is 5.